The lowest BCUT2D eigenvalue weighted by Gasteiger charge is -2.27. The van der Waals surface area contributed by atoms with Gasteiger partial charge >= 0.3 is 18.0 Å². The molecule has 0 bridgehead atoms. The fourth-order valence-electron chi connectivity index (χ4n) is 3.27. The Morgan fingerprint density at radius 3 is 1.71 bits per heavy atom. The number of benzene rings is 2. The van der Waals surface area contributed by atoms with Crippen molar-refractivity contribution in [2.45, 2.75) is 71.8 Å². The van der Waals surface area contributed by atoms with Crippen LogP contribution in [-0.2, 0) is 37.0 Å². The van der Waals surface area contributed by atoms with Gasteiger partial charge in [0.2, 0.25) is 0 Å². The highest BCUT2D eigenvalue weighted by Crippen LogP contribution is 2.19. The van der Waals surface area contributed by atoms with E-state index in [1.165, 1.54) is 0 Å². The Morgan fingerprint density at radius 1 is 0.824 bits per heavy atom. The van der Waals surface area contributed by atoms with Crippen LogP contribution in [0.3, 0.4) is 0 Å². The molecule has 7 heteroatoms. The van der Waals surface area contributed by atoms with E-state index in [0.717, 1.165) is 17.5 Å². The number of carbonyl (C=O) groups excluding carboxylic acids is 3. The van der Waals surface area contributed by atoms with Crippen LogP contribution < -0.4 is 5.32 Å². The van der Waals surface area contributed by atoms with E-state index in [9.17, 15) is 14.4 Å². The van der Waals surface area contributed by atoms with Crippen LogP contribution in [0, 0.1) is 5.92 Å². The maximum Gasteiger partial charge on any atom is 0.407 e. The van der Waals surface area contributed by atoms with Crippen LogP contribution in [0.5, 0.6) is 0 Å². The third-order valence-electron chi connectivity index (χ3n) is 4.93. The van der Waals surface area contributed by atoms with Gasteiger partial charge in [0.1, 0.15) is 18.8 Å². The molecule has 0 spiro atoms. The lowest BCUT2D eigenvalue weighted by atomic mass is 9.95. The normalized spacial score (nSPS) is 12.0. The number of rotatable bonds is 11. The number of esters is 2. The summed E-state index contributed by atoms with van der Waals surface area (Å²) < 4.78 is 16.3. The lowest BCUT2D eigenvalue weighted by Crippen LogP contribution is -2.49. The second-order valence-electron chi connectivity index (χ2n) is 9.06. The first-order valence-electron chi connectivity index (χ1n) is 11.6. The molecule has 0 heterocycles. The van der Waals surface area contributed by atoms with Crippen LogP contribution in [0.15, 0.2) is 60.7 Å². The van der Waals surface area contributed by atoms with Gasteiger partial charge in [-0.25, -0.2) is 4.79 Å². The highest BCUT2D eigenvalue weighted by atomic mass is 16.6. The van der Waals surface area contributed by atoms with E-state index in [1.807, 2.05) is 67.6 Å². The van der Waals surface area contributed by atoms with Gasteiger partial charge in [0.05, 0.1) is 6.04 Å². The Morgan fingerprint density at radius 2 is 1.29 bits per heavy atom. The van der Waals surface area contributed by atoms with E-state index in [-0.39, 0.29) is 13.2 Å². The van der Waals surface area contributed by atoms with Crippen LogP contribution >= 0.6 is 0 Å². The third-order valence-corrected chi connectivity index (χ3v) is 4.93. The summed E-state index contributed by atoms with van der Waals surface area (Å²) in [7, 11) is 0. The Hall–Kier alpha value is -3.35. The maximum atomic E-state index is 13.1. The molecule has 1 N–H and O–H groups in total. The van der Waals surface area contributed by atoms with Crippen molar-refractivity contribution in [3.8, 4) is 0 Å². The largest absolute Gasteiger partial charge is 0.460 e. The highest BCUT2D eigenvalue weighted by molar-refractivity contribution is 5.96. The number of unbranched alkanes of at least 4 members (excludes halogenated alkanes) is 1. The molecular formula is C27H35NO6. The van der Waals surface area contributed by atoms with Gasteiger partial charge in [0, 0.05) is 0 Å². The zero-order valence-electron chi connectivity index (χ0n) is 20.4. The molecule has 2 rings (SSSR count). The molecule has 0 fully saturated rings. The van der Waals surface area contributed by atoms with Gasteiger partial charge in [-0.05, 0) is 38.3 Å². The number of hydrogen-bond donors (Lipinski definition) is 1. The van der Waals surface area contributed by atoms with Crippen molar-refractivity contribution in [3.63, 3.8) is 0 Å². The second-order valence-corrected chi connectivity index (χ2v) is 9.06. The van der Waals surface area contributed by atoms with Crippen LogP contribution in [0.2, 0.25) is 0 Å². The monoisotopic (exact) mass is 469 g/mol. The smallest absolute Gasteiger partial charge is 0.407 e. The summed E-state index contributed by atoms with van der Waals surface area (Å²) in [6.45, 7) is 7.24. The Balaban J connectivity index is 2.21. The van der Waals surface area contributed by atoms with Gasteiger partial charge in [-0.1, -0.05) is 80.4 Å². The zero-order valence-corrected chi connectivity index (χ0v) is 20.4. The van der Waals surface area contributed by atoms with Crippen molar-refractivity contribution in [1.82, 2.24) is 5.32 Å². The maximum absolute atomic E-state index is 13.1. The molecule has 1 amide bonds. The average Bonchev–Trinajstić information content (AvgIpc) is 2.80. The van der Waals surface area contributed by atoms with Gasteiger partial charge in [-0.3, -0.25) is 9.59 Å². The molecule has 7 nitrogen and oxygen atoms in total. The first-order valence-corrected chi connectivity index (χ1v) is 11.6. The molecule has 0 aliphatic carbocycles. The molecule has 1 atom stereocenters. The Labute approximate surface area is 201 Å². The second kappa shape index (κ2) is 13.4. The summed E-state index contributed by atoms with van der Waals surface area (Å²) in [5.74, 6) is -2.83. The average molecular weight is 470 g/mol. The number of ether oxygens (including phenoxy) is 3. The molecule has 2 aromatic carbocycles. The molecule has 2 aromatic rings. The summed E-state index contributed by atoms with van der Waals surface area (Å²) in [6, 6.07) is 17.5. The first-order chi connectivity index (χ1) is 16.2. The summed E-state index contributed by atoms with van der Waals surface area (Å²) >= 11 is 0. The number of alkyl carbamates (subject to hydrolysis) is 1. The van der Waals surface area contributed by atoms with Crippen molar-refractivity contribution >= 4 is 18.0 Å². The Kier molecular flexibility index (Phi) is 10.6. The van der Waals surface area contributed by atoms with Gasteiger partial charge in [-0.2, -0.15) is 0 Å². The summed E-state index contributed by atoms with van der Waals surface area (Å²) in [4.78, 5) is 38.8. The molecule has 0 unspecified atom stereocenters. The summed E-state index contributed by atoms with van der Waals surface area (Å²) in [5.41, 5.74) is 0.853. The zero-order chi connectivity index (χ0) is 25.0. The number of carbonyl (C=O) groups is 3. The molecule has 0 aliphatic heterocycles. The molecule has 184 valence electrons. The van der Waals surface area contributed by atoms with Crippen LogP contribution in [0.25, 0.3) is 0 Å². The summed E-state index contributed by atoms with van der Waals surface area (Å²) in [5, 5.41) is 2.70. The van der Waals surface area contributed by atoms with E-state index in [0.29, 0.717) is 12.8 Å². The number of hydrogen-bond acceptors (Lipinski definition) is 6. The standard InChI is InChI=1S/C27H35NO6/c1-5-6-17-22(28-26(31)34-27(2,3)4)23(24(29)32-18-20-13-9-7-10-14-20)25(30)33-19-21-15-11-8-12-16-21/h7-16,22-23H,5-6,17-19H2,1-4H3,(H,28,31)/t22-/m0/s1. The van der Waals surface area contributed by atoms with E-state index < -0.39 is 35.6 Å². The van der Waals surface area contributed by atoms with Crippen LogP contribution in [-0.4, -0.2) is 29.7 Å². The van der Waals surface area contributed by atoms with Crippen molar-refractivity contribution in [1.29, 1.82) is 0 Å². The lowest BCUT2D eigenvalue weighted by molar-refractivity contribution is -0.165. The molecule has 0 aliphatic rings. The van der Waals surface area contributed by atoms with Crippen LogP contribution in [0.1, 0.15) is 58.1 Å². The van der Waals surface area contributed by atoms with Gasteiger partial charge in [0.15, 0.2) is 5.92 Å². The number of amides is 1. The first kappa shape index (κ1) is 26.9. The van der Waals surface area contributed by atoms with E-state index in [2.05, 4.69) is 5.32 Å². The minimum Gasteiger partial charge on any atom is -0.460 e. The van der Waals surface area contributed by atoms with Crippen molar-refractivity contribution in [3.05, 3.63) is 71.8 Å². The summed E-state index contributed by atoms with van der Waals surface area (Å²) in [6.07, 6.45) is 1.19. The van der Waals surface area contributed by atoms with Crippen molar-refractivity contribution < 1.29 is 28.6 Å². The van der Waals surface area contributed by atoms with Crippen LogP contribution in [0.4, 0.5) is 4.79 Å². The molecule has 34 heavy (non-hydrogen) atoms. The fourth-order valence-corrected chi connectivity index (χ4v) is 3.27. The fraction of sp³-hybridized carbons (Fsp3) is 0.444. The Bertz CT molecular complexity index is 852. The van der Waals surface area contributed by atoms with Crippen molar-refractivity contribution in [2.24, 2.45) is 5.92 Å². The van der Waals surface area contributed by atoms with Gasteiger partial charge in [-0.15, -0.1) is 0 Å². The molecule has 0 saturated heterocycles. The highest BCUT2D eigenvalue weighted by Gasteiger charge is 2.39. The number of nitrogens with one attached hydrogen (secondary N) is 1. The topological polar surface area (TPSA) is 90.9 Å². The predicted octanol–water partition coefficient (Wildman–Crippen LogP) is 5.17. The van der Waals surface area contributed by atoms with E-state index >= 15 is 0 Å². The third kappa shape index (κ3) is 9.65. The molecular weight excluding hydrogens is 434 g/mol. The minimum atomic E-state index is -1.33. The van der Waals surface area contributed by atoms with Crippen molar-refractivity contribution in [2.75, 3.05) is 0 Å². The van der Waals surface area contributed by atoms with Gasteiger partial charge in [0.25, 0.3) is 0 Å². The molecule has 0 aromatic heterocycles. The quantitative estimate of drug-likeness (QED) is 0.277. The van der Waals surface area contributed by atoms with E-state index in [4.69, 9.17) is 14.2 Å². The van der Waals surface area contributed by atoms with E-state index in [1.54, 1.807) is 20.8 Å². The molecule has 0 radical (unpaired) electrons. The SMILES string of the molecule is CCCC[C@H](NC(=O)OC(C)(C)C)C(C(=O)OCc1ccccc1)C(=O)OCc1ccccc1. The predicted molar refractivity (Wildman–Crippen MR) is 129 cm³/mol. The minimum absolute atomic E-state index is 0.00900. The van der Waals surface area contributed by atoms with Gasteiger partial charge < -0.3 is 19.5 Å². The molecule has 0 saturated carbocycles.